The number of pyridine rings is 1. The van der Waals surface area contributed by atoms with Gasteiger partial charge >= 0.3 is 0 Å². The fourth-order valence-electron chi connectivity index (χ4n) is 3.97. The van der Waals surface area contributed by atoms with Crippen LogP contribution in [-0.4, -0.2) is 46.4 Å². The lowest BCUT2D eigenvalue weighted by atomic mass is 9.94. The van der Waals surface area contributed by atoms with E-state index in [1.165, 1.54) is 0 Å². The van der Waals surface area contributed by atoms with Gasteiger partial charge in [-0.25, -0.2) is 15.0 Å². The minimum absolute atomic E-state index is 0.120. The van der Waals surface area contributed by atoms with Gasteiger partial charge in [0.2, 0.25) is 5.95 Å². The van der Waals surface area contributed by atoms with Gasteiger partial charge in [-0.1, -0.05) is 11.6 Å². The number of hydrogen-bond acceptors (Lipinski definition) is 7. The fraction of sp³-hybridized carbons (Fsp3) is 0.524. The fourth-order valence-corrected chi connectivity index (χ4v) is 4.07. The molecule has 1 aliphatic heterocycles. The van der Waals surface area contributed by atoms with Crippen molar-refractivity contribution in [2.75, 3.05) is 18.0 Å². The molecule has 1 saturated carbocycles. The zero-order valence-electron chi connectivity index (χ0n) is 16.2. The van der Waals surface area contributed by atoms with Gasteiger partial charge < -0.3 is 14.4 Å². The Morgan fingerprint density at radius 2 is 1.62 bits per heavy atom. The molecule has 2 aromatic rings. The number of nitriles is 1. The van der Waals surface area contributed by atoms with Crippen molar-refractivity contribution in [3.63, 3.8) is 0 Å². The van der Waals surface area contributed by atoms with Crippen LogP contribution in [0.4, 0.5) is 5.95 Å². The first-order valence-corrected chi connectivity index (χ1v) is 10.5. The molecule has 4 rings (SSSR count). The van der Waals surface area contributed by atoms with Crippen LogP contribution in [-0.2, 0) is 4.74 Å². The minimum atomic E-state index is 0.120. The largest absolute Gasteiger partial charge is 0.487 e. The number of rotatable bonds is 5. The standard InChI is InChI=1S/C21H24ClN5O2/c22-15-13-25-21(26-14-15)27-10-7-18(8-11-27)28-16-3-5-17(6-4-16)29-20-2-1-9-24-19(20)12-23/h1-2,9,13-14,16-18H,3-8,10-11H2/t16-,17-. The van der Waals surface area contributed by atoms with Crippen molar-refractivity contribution in [1.29, 1.82) is 5.26 Å². The quantitative estimate of drug-likeness (QED) is 0.737. The molecule has 152 valence electrons. The molecule has 0 atom stereocenters. The molecule has 1 aliphatic carbocycles. The van der Waals surface area contributed by atoms with Gasteiger partial charge in [0.15, 0.2) is 11.4 Å². The van der Waals surface area contributed by atoms with Crippen LogP contribution < -0.4 is 9.64 Å². The van der Waals surface area contributed by atoms with Gasteiger partial charge in [-0.15, -0.1) is 0 Å². The molecule has 0 amide bonds. The summed E-state index contributed by atoms with van der Waals surface area (Å²) in [6.45, 7) is 1.78. The summed E-state index contributed by atoms with van der Waals surface area (Å²) >= 11 is 5.86. The predicted octanol–water partition coefficient (Wildman–Crippen LogP) is 3.77. The first-order chi connectivity index (χ1) is 14.2. The molecule has 0 N–H and O–H groups in total. The van der Waals surface area contributed by atoms with Crippen LogP contribution in [0.15, 0.2) is 30.7 Å². The molecular formula is C21H24ClN5O2. The molecule has 2 fully saturated rings. The second-order valence-corrected chi connectivity index (χ2v) is 7.94. The van der Waals surface area contributed by atoms with E-state index in [1.54, 1.807) is 24.7 Å². The van der Waals surface area contributed by atoms with Crippen molar-refractivity contribution in [2.24, 2.45) is 0 Å². The molecule has 29 heavy (non-hydrogen) atoms. The zero-order chi connectivity index (χ0) is 20.1. The number of anilines is 1. The van der Waals surface area contributed by atoms with Crippen LogP contribution in [0, 0.1) is 11.3 Å². The van der Waals surface area contributed by atoms with Crippen molar-refractivity contribution in [2.45, 2.75) is 56.8 Å². The third-order valence-electron chi connectivity index (χ3n) is 5.51. The van der Waals surface area contributed by atoms with Crippen molar-refractivity contribution < 1.29 is 9.47 Å². The SMILES string of the molecule is N#Cc1ncccc1O[C@H]1CC[C@H](OC2CCN(c3ncc(Cl)cn3)CC2)CC1. The average Bonchev–Trinajstić information content (AvgIpc) is 2.77. The topological polar surface area (TPSA) is 84.2 Å². The van der Waals surface area contributed by atoms with E-state index in [0.717, 1.165) is 57.6 Å². The summed E-state index contributed by atoms with van der Waals surface area (Å²) in [5, 5.41) is 9.70. The van der Waals surface area contributed by atoms with Crippen molar-refractivity contribution in [3.05, 3.63) is 41.4 Å². The molecule has 3 heterocycles. The van der Waals surface area contributed by atoms with Crippen LogP contribution in [0.25, 0.3) is 0 Å². The Morgan fingerprint density at radius 3 is 2.31 bits per heavy atom. The van der Waals surface area contributed by atoms with Crippen LogP contribution in [0.3, 0.4) is 0 Å². The molecular weight excluding hydrogens is 390 g/mol. The van der Waals surface area contributed by atoms with Crippen molar-refractivity contribution in [3.8, 4) is 11.8 Å². The number of aromatic nitrogens is 3. The molecule has 0 aromatic carbocycles. The van der Waals surface area contributed by atoms with Gasteiger partial charge in [0, 0.05) is 19.3 Å². The van der Waals surface area contributed by atoms with E-state index in [1.807, 2.05) is 6.07 Å². The lowest BCUT2D eigenvalue weighted by Gasteiger charge is -2.36. The maximum absolute atomic E-state index is 9.15. The van der Waals surface area contributed by atoms with Crippen LogP contribution in [0.1, 0.15) is 44.2 Å². The Hall–Kier alpha value is -2.43. The highest BCUT2D eigenvalue weighted by Crippen LogP contribution is 2.29. The van der Waals surface area contributed by atoms with E-state index in [4.69, 9.17) is 26.3 Å². The molecule has 0 spiro atoms. The van der Waals surface area contributed by atoms with Gasteiger partial charge in [-0.05, 0) is 50.7 Å². The molecule has 8 heteroatoms. The predicted molar refractivity (Wildman–Crippen MR) is 109 cm³/mol. The van der Waals surface area contributed by atoms with Crippen molar-refractivity contribution in [1.82, 2.24) is 15.0 Å². The molecule has 2 aromatic heterocycles. The second-order valence-electron chi connectivity index (χ2n) is 7.50. The summed E-state index contributed by atoms with van der Waals surface area (Å²) in [7, 11) is 0. The highest BCUT2D eigenvalue weighted by molar-refractivity contribution is 6.30. The lowest BCUT2D eigenvalue weighted by molar-refractivity contribution is -0.0528. The van der Waals surface area contributed by atoms with Crippen LogP contribution >= 0.6 is 11.6 Å². The minimum Gasteiger partial charge on any atom is -0.487 e. The molecule has 0 radical (unpaired) electrons. The number of ether oxygens (including phenoxy) is 2. The van der Waals surface area contributed by atoms with E-state index >= 15 is 0 Å². The van der Waals surface area contributed by atoms with Crippen molar-refractivity contribution >= 4 is 17.5 Å². The number of halogens is 1. The monoisotopic (exact) mass is 413 g/mol. The number of nitrogens with zero attached hydrogens (tertiary/aromatic N) is 5. The summed E-state index contributed by atoms with van der Waals surface area (Å²) in [5.41, 5.74) is 0.349. The van der Waals surface area contributed by atoms with E-state index < -0.39 is 0 Å². The van der Waals surface area contributed by atoms with E-state index in [2.05, 4.69) is 25.9 Å². The molecule has 7 nitrogen and oxygen atoms in total. The normalized spacial score (nSPS) is 22.8. The lowest BCUT2D eigenvalue weighted by Crippen LogP contribution is -2.40. The Labute approximate surface area is 175 Å². The molecule has 2 aliphatic rings. The molecule has 0 bridgehead atoms. The van der Waals surface area contributed by atoms with Gasteiger partial charge in [-0.3, -0.25) is 0 Å². The first kappa shape index (κ1) is 19.9. The first-order valence-electron chi connectivity index (χ1n) is 10.1. The smallest absolute Gasteiger partial charge is 0.225 e. The number of piperidine rings is 1. The Kier molecular flexibility index (Phi) is 6.43. The van der Waals surface area contributed by atoms with E-state index in [0.29, 0.717) is 16.5 Å². The van der Waals surface area contributed by atoms with Gasteiger partial charge in [0.1, 0.15) is 6.07 Å². The highest BCUT2D eigenvalue weighted by atomic mass is 35.5. The molecule has 1 saturated heterocycles. The summed E-state index contributed by atoms with van der Waals surface area (Å²) in [6, 6.07) is 5.70. The van der Waals surface area contributed by atoms with E-state index in [-0.39, 0.29) is 18.3 Å². The molecule has 0 unspecified atom stereocenters. The summed E-state index contributed by atoms with van der Waals surface area (Å²) < 4.78 is 12.4. The highest BCUT2D eigenvalue weighted by Gasteiger charge is 2.28. The maximum atomic E-state index is 9.15. The number of hydrogen-bond donors (Lipinski definition) is 0. The van der Waals surface area contributed by atoms with Crippen LogP contribution in [0.2, 0.25) is 5.02 Å². The van der Waals surface area contributed by atoms with Gasteiger partial charge in [0.05, 0.1) is 35.7 Å². The summed E-state index contributed by atoms with van der Waals surface area (Å²) in [6.07, 6.45) is 11.3. The third kappa shape index (κ3) is 5.14. The maximum Gasteiger partial charge on any atom is 0.225 e. The Balaban J connectivity index is 1.20. The van der Waals surface area contributed by atoms with Crippen LogP contribution in [0.5, 0.6) is 5.75 Å². The van der Waals surface area contributed by atoms with Gasteiger partial charge in [0.25, 0.3) is 0 Å². The van der Waals surface area contributed by atoms with Gasteiger partial charge in [-0.2, -0.15) is 5.26 Å². The average molecular weight is 414 g/mol. The third-order valence-corrected chi connectivity index (χ3v) is 5.70. The summed E-state index contributed by atoms with van der Waals surface area (Å²) in [4.78, 5) is 14.8. The summed E-state index contributed by atoms with van der Waals surface area (Å²) in [5.74, 6) is 1.31. The second kappa shape index (κ2) is 9.38. The Morgan fingerprint density at radius 1 is 0.966 bits per heavy atom. The van der Waals surface area contributed by atoms with E-state index in [9.17, 15) is 0 Å². The zero-order valence-corrected chi connectivity index (χ0v) is 17.0. The Bertz CT molecular complexity index is 841.